The molecule has 4 rings (SSSR count). The van der Waals surface area contributed by atoms with Gasteiger partial charge in [-0.3, -0.25) is 4.31 Å². The summed E-state index contributed by atoms with van der Waals surface area (Å²) in [5.41, 5.74) is 2.32. The van der Waals surface area contributed by atoms with Crippen LogP contribution in [0, 0.1) is 10.8 Å². The van der Waals surface area contributed by atoms with Crippen molar-refractivity contribution in [2.75, 3.05) is 24.6 Å². The average Bonchev–Trinajstić information content (AvgIpc) is 3.17. The van der Waals surface area contributed by atoms with Crippen LogP contribution in [0.1, 0.15) is 39.4 Å². The number of nitroso groups, excluding NO2 is 1. The van der Waals surface area contributed by atoms with Crippen LogP contribution in [-0.4, -0.2) is 38.2 Å². The zero-order valence-corrected chi connectivity index (χ0v) is 20.3. The number of rotatable bonds is 6. The number of ether oxygens (including phenoxy) is 1. The molecular formula is C24H30N4O4S. The van der Waals surface area contributed by atoms with Gasteiger partial charge in [0.25, 0.3) is 10.0 Å². The maximum atomic E-state index is 13.1. The number of hydrogen-bond acceptors (Lipinski definition) is 6. The molecule has 0 amide bonds. The highest BCUT2D eigenvalue weighted by Crippen LogP contribution is 2.32. The van der Waals surface area contributed by atoms with Gasteiger partial charge in [0, 0.05) is 32.2 Å². The Hall–Kier alpha value is -2.78. The second kappa shape index (κ2) is 8.87. The molecule has 1 aliphatic heterocycles. The molecule has 1 saturated heterocycles. The van der Waals surface area contributed by atoms with Gasteiger partial charge in [-0.2, -0.15) is 0 Å². The molecule has 33 heavy (non-hydrogen) atoms. The van der Waals surface area contributed by atoms with Crippen LogP contribution in [0.5, 0.6) is 0 Å². The summed E-state index contributed by atoms with van der Waals surface area (Å²) in [5.74, 6) is 1.52. The highest BCUT2D eigenvalue weighted by molar-refractivity contribution is 7.92. The van der Waals surface area contributed by atoms with Gasteiger partial charge in [0.05, 0.1) is 21.6 Å². The minimum absolute atomic E-state index is 0.0953. The van der Waals surface area contributed by atoms with Crippen LogP contribution in [0.2, 0.25) is 0 Å². The molecule has 0 unspecified atom stereocenters. The fourth-order valence-corrected chi connectivity index (χ4v) is 5.42. The first-order chi connectivity index (χ1) is 15.6. The number of sulfonamides is 1. The van der Waals surface area contributed by atoms with E-state index in [1.807, 2.05) is 18.2 Å². The van der Waals surface area contributed by atoms with E-state index in [2.05, 4.69) is 30.5 Å². The summed E-state index contributed by atoms with van der Waals surface area (Å²) >= 11 is 0. The van der Waals surface area contributed by atoms with Crippen molar-refractivity contribution in [3.8, 4) is 0 Å². The molecule has 0 radical (unpaired) electrons. The lowest BCUT2D eigenvalue weighted by Gasteiger charge is -2.26. The monoisotopic (exact) mass is 470 g/mol. The first-order valence-electron chi connectivity index (χ1n) is 11.1. The quantitative estimate of drug-likeness (QED) is 0.474. The van der Waals surface area contributed by atoms with Crippen LogP contribution >= 0.6 is 0 Å². The van der Waals surface area contributed by atoms with Gasteiger partial charge >= 0.3 is 0 Å². The third-order valence-corrected chi connectivity index (χ3v) is 7.95. The first kappa shape index (κ1) is 23.4. The Morgan fingerprint density at radius 3 is 2.39 bits per heavy atom. The number of hydrogen-bond donors (Lipinski definition) is 0. The second-order valence-corrected chi connectivity index (χ2v) is 11.6. The number of nitrogens with zero attached hydrogens (tertiary/aromatic N) is 4. The fraction of sp³-hybridized carbons (Fsp3) is 0.458. The Balaban J connectivity index is 1.71. The molecule has 0 aliphatic carbocycles. The SMILES string of the molecule is CN(c1ccc2c(c1)nc(C(C)(C)C)n2CC1CCOCC1)S(=O)(=O)c1ccc(N=O)cc1. The number of benzene rings is 2. The average molecular weight is 471 g/mol. The lowest BCUT2D eigenvalue weighted by atomic mass is 9.94. The third-order valence-electron chi connectivity index (χ3n) is 6.15. The van der Waals surface area contributed by atoms with Gasteiger partial charge in [0.15, 0.2) is 0 Å². The van der Waals surface area contributed by atoms with Gasteiger partial charge in [-0.15, -0.1) is 4.91 Å². The number of aromatic nitrogens is 2. The van der Waals surface area contributed by atoms with Crippen molar-refractivity contribution >= 4 is 32.4 Å². The van der Waals surface area contributed by atoms with Gasteiger partial charge < -0.3 is 9.30 Å². The summed E-state index contributed by atoms with van der Waals surface area (Å²) in [4.78, 5) is 15.7. The molecule has 0 spiro atoms. The largest absolute Gasteiger partial charge is 0.381 e. The van der Waals surface area contributed by atoms with Crippen molar-refractivity contribution in [1.82, 2.24) is 9.55 Å². The minimum atomic E-state index is -3.80. The highest BCUT2D eigenvalue weighted by atomic mass is 32.2. The standard InChI is InChI=1S/C24H30N4O4S/c1-24(2,3)23-25-21-15-19(7-10-22(21)28(23)16-17-11-13-32-14-12-17)27(4)33(30,31)20-8-5-18(26-29)6-9-20/h5-10,15,17H,11-14,16H2,1-4H3. The predicted octanol–water partition coefficient (Wildman–Crippen LogP) is 4.98. The Bertz CT molecular complexity index is 1250. The van der Waals surface area contributed by atoms with Crippen molar-refractivity contribution in [3.63, 3.8) is 0 Å². The van der Waals surface area contributed by atoms with Crippen molar-refractivity contribution in [3.05, 3.63) is 53.2 Å². The van der Waals surface area contributed by atoms with Crippen LogP contribution in [-0.2, 0) is 26.7 Å². The van der Waals surface area contributed by atoms with E-state index in [4.69, 9.17) is 9.72 Å². The zero-order valence-electron chi connectivity index (χ0n) is 19.5. The Labute approximate surface area is 194 Å². The molecule has 2 aromatic carbocycles. The molecule has 0 bridgehead atoms. The molecule has 1 aliphatic rings. The van der Waals surface area contributed by atoms with Crippen LogP contribution in [0.15, 0.2) is 52.5 Å². The van der Waals surface area contributed by atoms with Crippen molar-refractivity contribution in [1.29, 1.82) is 0 Å². The molecule has 3 aromatic rings. The molecule has 2 heterocycles. The van der Waals surface area contributed by atoms with Gasteiger partial charge in [0.2, 0.25) is 0 Å². The number of anilines is 1. The second-order valence-electron chi connectivity index (χ2n) is 9.58. The summed E-state index contributed by atoms with van der Waals surface area (Å²) in [6, 6.07) is 11.2. The summed E-state index contributed by atoms with van der Waals surface area (Å²) in [6.45, 7) is 8.88. The number of imidazole rings is 1. The van der Waals surface area contributed by atoms with Crippen LogP contribution in [0.3, 0.4) is 0 Å². The van der Waals surface area contributed by atoms with E-state index in [1.54, 1.807) is 0 Å². The van der Waals surface area contributed by atoms with E-state index < -0.39 is 10.0 Å². The molecule has 1 fully saturated rings. The smallest absolute Gasteiger partial charge is 0.264 e. The summed E-state index contributed by atoms with van der Waals surface area (Å²) in [7, 11) is -2.28. The first-order valence-corrected chi connectivity index (χ1v) is 12.6. The summed E-state index contributed by atoms with van der Waals surface area (Å²) in [5, 5.41) is 2.83. The van der Waals surface area contributed by atoms with Crippen molar-refractivity contribution < 1.29 is 13.2 Å². The summed E-state index contributed by atoms with van der Waals surface area (Å²) < 4.78 is 35.3. The van der Waals surface area contributed by atoms with Gasteiger partial charge in [-0.1, -0.05) is 20.8 Å². The Morgan fingerprint density at radius 1 is 1.12 bits per heavy atom. The summed E-state index contributed by atoms with van der Waals surface area (Å²) in [6.07, 6.45) is 2.06. The normalized spacial score (nSPS) is 15.6. The molecule has 0 N–H and O–H groups in total. The fourth-order valence-electron chi connectivity index (χ4n) is 4.23. The maximum absolute atomic E-state index is 13.1. The van der Waals surface area contributed by atoms with E-state index in [1.165, 1.54) is 35.6 Å². The Morgan fingerprint density at radius 2 is 1.79 bits per heavy atom. The third kappa shape index (κ3) is 4.65. The molecule has 8 nitrogen and oxygen atoms in total. The molecule has 0 atom stereocenters. The van der Waals surface area contributed by atoms with Crippen LogP contribution < -0.4 is 4.31 Å². The van der Waals surface area contributed by atoms with E-state index >= 15 is 0 Å². The van der Waals surface area contributed by atoms with E-state index in [9.17, 15) is 13.3 Å². The highest BCUT2D eigenvalue weighted by Gasteiger charge is 2.27. The van der Waals surface area contributed by atoms with Gasteiger partial charge in [-0.05, 0) is 66.4 Å². The maximum Gasteiger partial charge on any atom is 0.264 e. The molecular weight excluding hydrogens is 440 g/mol. The topological polar surface area (TPSA) is 93.9 Å². The van der Waals surface area contributed by atoms with Crippen molar-refractivity contribution in [2.24, 2.45) is 11.1 Å². The molecule has 9 heteroatoms. The van der Waals surface area contributed by atoms with E-state index in [0.717, 1.165) is 49.5 Å². The van der Waals surface area contributed by atoms with E-state index in [-0.39, 0.29) is 16.0 Å². The molecule has 0 saturated carbocycles. The van der Waals surface area contributed by atoms with Crippen LogP contribution in [0.25, 0.3) is 11.0 Å². The predicted molar refractivity (Wildman–Crippen MR) is 129 cm³/mol. The minimum Gasteiger partial charge on any atom is -0.381 e. The van der Waals surface area contributed by atoms with Gasteiger partial charge in [-0.25, -0.2) is 13.4 Å². The lowest BCUT2D eigenvalue weighted by molar-refractivity contribution is 0.0611. The van der Waals surface area contributed by atoms with E-state index in [0.29, 0.717) is 11.6 Å². The molecule has 1 aromatic heterocycles. The molecule has 176 valence electrons. The lowest BCUT2D eigenvalue weighted by Crippen LogP contribution is -2.26. The van der Waals surface area contributed by atoms with Crippen LogP contribution in [0.4, 0.5) is 11.4 Å². The van der Waals surface area contributed by atoms with Crippen molar-refractivity contribution in [2.45, 2.75) is 50.5 Å². The van der Waals surface area contributed by atoms with Gasteiger partial charge in [0.1, 0.15) is 11.5 Å². The Kier molecular flexibility index (Phi) is 6.28. The zero-order chi connectivity index (χ0) is 23.8. The number of fused-ring (bicyclic) bond motifs is 1.